The van der Waals surface area contributed by atoms with Gasteiger partial charge in [-0.25, -0.2) is 17.2 Å². The van der Waals surface area contributed by atoms with E-state index >= 15 is 0 Å². The third-order valence-corrected chi connectivity index (χ3v) is 7.59. The lowest BCUT2D eigenvalue weighted by atomic mass is 10.1. The molecule has 0 saturated carbocycles. The van der Waals surface area contributed by atoms with E-state index < -0.39 is 27.6 Å². The molecule has 2 fully saturated rings. The van der Waals surface area contributed by atoms with Crippen molar-refractivity contribution < 1.29 is 26.7 Å². The maximum atomic E-state index is 14.1. The predicted molar refractivity (Wildman–Crippen MR) is 116 cm³/mol. The van der Waals surface area contributed by atoms with Crippen molar-refractivity contribution in [3.05, 3.63) is 53.6 Å². The average molecular weight is 466 g/mol. The zero-order valence-corrected chi connectivity index (χ0v) is 18.3. The normalized spacial score (nSPS) is 17.9. The summed E-state index contributed by atoms with van der Waals surface area (Å²) < 4.78 is 60.2. The van der Waals surface area contributed by atoms with E-state index in [0.717, 1.165) is 44.5 Å². The molecular weight excluding hydrogens is 440 g/mol. The number of amides is 1. The lowest BCUT2D eigenvalue weighted by Crippen LogP contribution is -2.40. The molecule has 1 amide bonds. The van der Waals surface area contributed by atoms with E-state index in [1.165, 1.54) is 16.4 Å². The zero-order valence-electron chi connectivity index (χ0n) is 17.5. The summed E-state index contributed by atoms with van der Waals surface area (Å²) in [6.45, 7) is 2.67. The highest BCUT2D eigenvalue weighted by Crippen LogP contribution is 2.32. The number of morpholine rings is 1. The van der Waals surface area contributed by atoms with Gasteiger partial charge < -0.3 is 15.0 Å². The van der Waals surface area contributed by atoms with Gasteiger partial charge >= 0.3 is 0 Å². The van der Waals surface area contributed by atoms with Crippen LogP contribution in [0.2, 0.25) is 0 Å². The molecule has 7 nitrogen and oxygen atoms in total. The van der Waals surface area contributed by atoms with Crippen LogP contribution >= 0.6 is 0 Å². The molecule has 0 aliphatic carbocycles. The average Bonchev–Trinajstić information content (AvgIpc) is 2.80. The lowest BCUT2D eigenvalue weighted by Gasteiger charge is -2.31. The Bertz CT molecular complexity index is 1100. The third kappa shape index (κ3) is 4.77. The van der Waals surface area contributed by atoms with Crippen molar-refractivity contribution >= 4 is 27.3 Å². The van der Waals surface area contributed by atoms with Crippen LogP contribution in [-0.4, -0.2) is 58.0 Å². The summed E-state index contributed by atoms with van der Waals surface area (Å²) in [5.74, 6) is -2.55. The van der Waals surface area contributed by atoms with Gasteiger partial charge in [-0.1, -0.05) is 0 Å². The molecule has 2 aliphatic heterocycles. The molecule has 0 radical (unpaired) electrons. The van der Waals surface area contributed by atoms with Crippen LogP contribution in [0.3, 0.4) is 0 Å². The summed E-state index contributed by atoms with van der Waals surface area (Å²) in [6.07, 6.45) is 3.06. The first-order valence-electron chi connectivity index (χ1n) is 10.6. The van der Waals surface area contributed by atoms with Crippen LogP contribution < -0.4 is 10.2 Å². The van der Waals surface area contributed by atoms with Crippen LogP contribution in [0.25, 0.3) is 0 Å². The van der Waals surface area contributed by atoms with E-state index in [0.29, 0.717) is 25.0 Å². The Morgan fingerprint density at radius 3 is 2.34 bits per heavy atom. The van der Waals surface area contributed by atoms with Crippen LogP contribution in [0.15, 0.2) is 41.3 Å². The van der Waals surface area contributed by atoms with Crippen molar-refractivity contribution in [1.82, 2.24) is 4.31 Å². The van der Waals surface area contributed by atoms with Crippen molar-refractivity contribution in [2.45, 2.75) is 24.2 Å². The van der Waals surface area contributed by atoms with Gasteiger partial charge in [0, 0.05) is 32.2 Å². The number of anilines is 2. The quantitative estimate of drug-likeness (QED) is 0.734. The minimum atomic E-state index is -3.79. The highest BCUT2D eigenvalue weighted by atomic mass is 32.2. The fraction of sp³-hybridized carbons (Fsp3) is 0.409. The molecule has 0 unspecified atom stereocenters. The predicted octanol–water partition coefficient (Wildman–Crippen LogP) is 3.23. The molecular formula is C22H25F2N3O4S. The molecule has 2 aromatic rings. The molecule has 0 bridgehead atoms. The number of halogens is 2. The summed E-state index contributed by atoms with van der Waals surface area (Å²) in [4.78, 5) is 14.9. The van der Waals surface area contributed by atoms with Crippen molar-refractivity contribution in [3.8, 4) is 0 Å². The van der Waals surface area contributed by atoms with Crippen LogP contribution in [0.4, 0.5) is 20.2 Å². The number of hydrogen-bond acceptors (Lipinski definition) is 5. The maximum Gasteiger partial charge on any atom is 0.258 e. The monoisotopic (exact) mass is 465 g/mol. The molecule has 4 rings (SSSR count). The van der Waals surface area contributed by atoms with Gasteiger partial charge in [-0.3, -0.25) is 4.79 Å². The largest absolute Gasteiger partial charge is 0.379 e. The van der Waals surface area contributed by atoms with Crippen molar-refractivity contribution in [2.75, 3.05) is 49.6 Å². The highest BCUT2D eigenvalue weighted by molar-refractivity contribution is 7.89. The number of carbonyl (C=O) groups excluding carboxylic acids is 1. The summed E-state index contributed by atoms with van der Waals surface area (Å²) in [5, 5.41) is 2.65. The van der Waals surface area contributed by atoms with Crippen molar-refractivity contribution in [2.24, 2.45) is 0 Å². The Hall–Kier alpha value is -2.56. The highest BCUT2D eigenvalue weighted by Gasteiger charge is 2.28. The number of carbonyl (C=O) groups is 1. The fourth-order valence-electron chi connectivity index (χ4n) is 3.99. The van der Waals surface area contributed by atoms with Gasteiger partial charge in [-0.15, -0.1) is 0 Å². The Balaban J connectivity index is 1.69. The molecule has 0 atom stereocenters. The molecule has 172 valence electrons. The van der Waals surface area contributed by atoms with Gasteiger partial charge in [-0.05, 0) is 49.6 Å². The van der Waals surface area contributed by atoms with Gasteiger partial charge in [0.1, 0.15) is 11.6 Å². The number of sulfonamides is 1. The second kappa shape index (κ2) is 9.51. The smallest absolute Gasteiger partial charge is 0.258 e. The number of nitrogens with one attached hydrogen (secondary N) is 1. The third-order valence-electron chi connectivity index (χ3n) is 5.70. The summed E-state index contributed by atoms with van der Waals surface area (Å²) >= 11 is 0. The Morgan fingerprint density at radius 1 is 0.938 bits per heavy atom. The van der Waals surface area contributed by atoms with E-state index in [1.807, 2.05) is 0 Å². The first kappa shape index (κ1) is 22.6. The second-order valence-corrected chi connectivity index (χ2v) is 9.76. The summed E-state index contributed by atoms with van der Waals surface area (Å²) in [7, 11) is -3.79. The molecule has 2 heterocycles. The molecule has 10 heteroatoms. The number of benzene rings is 2. The van der Waals surface area contributed by atoms with E-state index in [2.05, 4.69) is 10.2 Å². The van der Waals surface area contributed by atoms with Gasteiger partial charge in [0.2, 0.25) is 10.0 Å². The van der Waals surface area contributed by atoms with Crippen LogP contribution in [0, 0.1) is 11.6 Å². The van der Waals surface area contributed by atoms with Gasteiger partial charge in [0.15, 0.2) is 0 Å². The first-order chi connectivity index (χ1) is 15.4. The molecule has 2 saturated heterocycles. The maximum absolute atomic E-state index is 14.1. The minimum absolute atomic E-state index is 0.0371. The molecule has 0 aromatic heterocycles. The summed E-state index contributed by atoms with van der Waals surface area (Å²) in [6, 6.07) is 7.32. The minimum Gasteiger partial charge on any atom is -0.379 e. The second-order valence-electron chi connectivity index (χ2n) is 7.82. The number of nitrogens with zero attached hydrogens (tertiary/aromatic N) is 2. The zero-order chi connectivity index (χ0) is 22.7. The van der Waals surface area contributed by atoms with E-state index in [4.69, 9.17) is 4.74 Å². The number of rotatable bonds is 5. The molecule has 0 spiro atoms. The Labute approximate surface area is 186 Å². The summed E-state index contributed by atoms with van der Waals surface area (Å²) in [5.41, 5.74) is 0.619. The topological polar surface area (TPSA) is 79.0 Å². The van der Waals surface area contributed by atoms with Crippen molar-refractivity contribution in [1.29, 1.82) is 0 Å². The number of hydrogen-bond donors (Lipinski definition) is 1. The van der Waals surface area contributed by atoms with E-state index in [-0.39, 0.29) is 29.2 Å². The fourth-order valence-corrected chi connectivity index (χ4v) is 5.42. The van der Waals surface area contributed by atoms with Crippen LogP contribution in [0.1, 0.15) is 29.6 Å². The molecule has 2 aromatic carbocycles. The van der Waals surface area contributed by atoms with Gasteiger partial charge in [-0.2, -0.15) is 4.31 Å². The standard InChI is InChI=1S/C22H25F2N3O4S/c23-16-4-6-18(19(24)14-16)22(28)25-20-15-17(32(29,30)27-10-12-31-13-11-27)5-7-21(20)26-8-2-1-3-9-26/h4-7,14-15H,1-3,8-13H2,(H,25,28). The number of ether oxygens (including phenoxy) is 1. The SMILES string of the molecule is O=C(Nc1cc(S(=O)(=O)N2CCOCC2)ccc1N1CCCCC1)c1ccc(F)cc1F. The Kier molecular flexibility index (Phi) is 6.73. The first-order valence-corrected chi connectivity index (χ1v) is 12.0. The van der Waals surface area contributed by atoms with Crippen molar-refractivity contribution in [3.63, 3.8) is 0 Å². The molecule has 1 N–H and O–H groups in total. The molecule has 32 heavy (non-hydrogen) atoms. The van der Waals surface area contributed by atoms with E-state index in [9.17, 15) is 22.0 Å². The molecule has 2 aliphatic rings. The van der Waals surface area contributed by atoms with Gasteiger partial charge in [0.05, 0.1) is 35.0 Å². The van der Waals surface area contributed by atoms with E-state index in [1.54, 1.807) is 6.07 Å². The lowest BCUT2D eigenvalue weighted by molar-refractivity contribution is 0.0730. The number of piperidine rings is 1. The Morgan fingerprint density at radius 2 is 1.66 bits per heavy atom. The van der Waals surface area contributed by atoms with Crippen LogP contribution in [-0.2, 0) is 14.8 Å². The van der Waals surface area contributed by atoms with Gasteiger partial charge in [0.25, 0.3) is 5.91 Å². The van der Waals surface area contributed by atoms with Crippen LogP contribution in [0.5, 0.6) is 0 Å².